The number of carbonyl (C=O) groups excluding carboxylic acids is 2. The number of rotatable bonds is 3. The van der Waals surface area contributed by atoms with Crippen LogP contribution in [0.15, 0.2) is 24.3 Å². The zero-order chi connectivity index (χ0) is 14.9. The van der Waals surface area contributed by atoms with E-state index in [1.165, 1.54) is 14.0 Å². The monoisotopic (exact) mass is 274 g/mol. The third-order valence-electron chi connectivity index (χ3n) is 3.41. The Morgan fingerprint density at radius 3 is 2.55 bits per heavy atom. The first-order valence-electron chi connectivity index (χ1n) is 6.35. The molecule has 106 valence electrons. The Labute approximate surface area is 117 Å². The normalized spacial score (nSPS) is 13.8. The van der Waals surface area contributed by atoms with Gasteiger partial charge in [0, 0.05) is 29.1 Å². The summed E-state index contributed by atoms with van der Waals surface area (Å²) in [6.45, 7) is 4.91. The third kappa shape index (κ3) is 2.15. The number of carbonyl (C=O) groups is 2. The molecule has 1 aromatic heterocycles. The van der Waals surface area contributed by atoms with Crippen molar-refractivity contribution in [1.82, 2.24) is 10.3 Å². The Morgan fingerprint density at radius 2 is 1.95 bits per heavy atom. The van der Waals surface area contributed by atoms with E-state index in [2.05, 4.69) is 10.3 Å². The predicted molar refractivity (Wildman–Crippen MR) is 76.2 cm³/mol. The van der Waals surface area contributed by atoms with Crippen molar-refractivity contribution in [2.75, 3.05) is 7.11 Å². The fraction of sp³-hybridized carbons (Fsp3) is 0.333. The van der Waals surface area contributed by atoms with Crippen LogP contribution >= 0.6 is 0 Å². The molecule has 2 N–H and O–H groups in total. The van der Waals surface area contributed by atoms with Crippen LogP contribution in [0.4, 0.5) is 0 Å². The lowest BCUT2D eigenvalue weighted by Gasteiger charge is -2.28. The van der Waals surface area contributed by atoms with Crippen molar-refractivity contribution in [3.63, 3.8) is 0 Å². The van der Waals surface area contributed by atoms with Crippen molar-refractivity contribution in [3.8, 4) is 0 Å². The Kier molecular flexibility index (Phi) is 3.53. The summed E-state index contributed by atoms with van der Waals surface area (Å²) in [5, 5.41) is 3.60. The zero-order valence-electron chi connectivity index (χ0n) is 12.0. The lowest BCUT2D eigenvalue weighted by atomic mass is 9.89. The Hall–Kier alpha value is -2.30. The van der Waals surface area contributed by atoms with Gasteiger partial charge in [0.15, 0.2) is 5.54 Å². The van der Waals surface area contributed by atoms with Crippen LogP contribution in [0.2, 0.25) is 0 Å². The summed E-state index contributed by atoms with van der Waals surface area (Å²) in [5.41, 5.74) is 1.26. The number of hydrogen-bond donors (Lipinski definition) is 2. The molecule has 20 heavy (non-hydrogen) atoms. The van der Waals surface area contributed by atoms with Gasteiger partial charge in [0.05, 0.1) is 7.11 Å². The lowest BCUT2D eigenvalue weighted by Crippen LogP contribution is -2.49. The number of para-hydroxylation sites is 1. The number of benzene rings is 1. The molecular formula is C15H18N2O3. The number of ether oxygens (including phenoxy) is 1. The van der Waals surface area contributed by atoms with Crippen molar-refractivity contribution in [2.24, 2.45) is 0 Å². The number of aromatic nitrogens is 1. The van der Waals surface area contributed by atoms with Crippen LogP contribution in [0, 0.1) is 6.92 Å². The van der Waals surface area contributed by atoms with E-state index in [0.717, 1.165) is 22.2 Å². The number of fused-ring (bicyclic) bond motifs is 1. The predicted octanol–water partition coefficient (Wildman–Crippen LogP) is 2.00. The second-order valence-electron chi connectivity index (χ2n) is 4.97. The SMILES string of the molecule is COC(=O)C(C)(NC(C)=O)c1c(C)[nH]c2ccccc12. The van der Waals surface area contributed by atoms with Crippen LogP contribution < -0.4 is 5.32 Å². The van der Waals surface area contributed by atoms with Crippen LogP contribution in [-0.2, 0) is 19.9 Å². The quantitative estimate of drug-likeness (QED) is 0.841. The minimum absolute atomic E-state index is 0.289. The molecule has 5 nitrogen and oxygen atoms in total. The third-order valence-corrected chi connectivity index (χ3v) is 3.41. The van der Waals surface area contributed by atoms with Crippen molar-refractivity contribution in [2.45, 2.75) is 26.3 Å². The standard InChI is InChI=1S/C15H18N2O3/c1-9-13(11-7-5-6-8-12(11)16-9)15(3,14(19)20-4)17-10(2)18/h5-8,16H,1-4H3,(H,17,18). The first-order chi connectivity index (χ1) is 9.40. The summed E-state index contributed by atoms with van der Waals surface area (Å²) in [6, 6.07) is 7.65. The molecular weight excluding hydrogens is 256 g/mol. The van der Waals surface area contributed by atoms with Crippen LogP contribution in [0.5, 0.6) is 0 Å². The second kappa shape index (κ2) is 5.00. The van der Waals surface area contributed by atoms with Crippen LogP contribution in [-0.4, -0.2) is 24.0 Å². The number of hydrogen-bond acceptors (Lipinski definition) is 3. The largest absolute Gasteiger partial charge is 0.467 e. The summed E-state index contributed by atoms with van der Waals surface area (Å²) in [4.78, 5) is 26.9. The molecule has 2 rings (SSSR count). The molecule has 1 heterocycles. The molecule has 0 bridgehead atoms. The Morgan fingerprint density at radius 1 is 1.30 bits per heavy atom. The molecule has 1 amide bonds. The number of aromatic amines is 1. The van der Waals surface area contributed by atoms with Crippen molar-refractivity contribution < 1.29 is 14.3 Å². The molecule has 1 unspecified atom stereocenters. The van der Waals surface area contributed by atoms with Gasteiger partial charge in [0.2, 0.25) is 5.91 Å². The molecule has 1 aromatic carbocycles. The van der Waals surface area contributed by atoms with Gasteiger partial charge in [-0.2, -0.15) is 0 Å². The van der Waals surface area contributed by atoms with Gasteiger partial charge in [-0.3, -0.25) is 4.79 Å². The number of nitrogens with one attached hydrogen (secondary N) is 2. The number of amides is 1. The molecule has 5 heteroatoms. The summed E-state index contributed by atoms with van der Waals surface area (Å²) >= 11 is 0. The summed E-state index contributed by atoms with van der Waals surface area (Å²) in [7, 11) is 1.31. The van der Waals surface area contributed by atoms with Gasteiger partial charge < -0.3 is 15.0 Å². The molecule has 0 spiro atoms. The molecule has 0 saturated carbocycles. The molecule has 0 aliphatic carbocycles. The Bertz CT molecular complexity index is 675. The highest BCUT2D eigenvalue weighted by Crippen LogP contribution is 2.32. The Balaban J connectivity index is 2.71. The molecule has 2 aromatic rings. The first-order valence-corrected chi connectivity index (χ1v) is 6.35. The van der Waals surface area contributed by atoms with E-state index < -0.39 is 11.5 Å². The maximum Gasteiger partial charge on any atom is 0.336 e. The average Bonchev–Trinajstić information content (AvgIpc) is 2.73. The van der Waals surface area contributed by atoms with Gasteiger partial charge in [-0.05, 0) is 19.9 Å². The van der Waals surface area contributed by atoms with Gasteiger partial charge in [0.1, 0.15) is 0 Å². The number of methoxy groups -OCH3 is 1. The van der Waals surface area contributed by atoms with Crippen molar-refractivity contribution in [1.29, 1.82) is 0 Å². The smallest absolute Gasteiger partial charge is 0.336 e. The van der Waals surface area contributed by atoms with E-state index >= 15 is 0 Å². The molecule has 0 radical (unpaired) electrons. The summed E-state index contributed by atoms with van der Waals surface area (Å²) in [5.74, 6) is -0.789. The zero-order valence-corrected chi connectivity index (χ0v) is 12.0. The molecule has 0 aliphatic heterocycles. The lowest BCUT2D eigenvalue weighted by molar-refractivity contribution is -0.150. The fourth-order valence-corrected chi connectivity index (χ4v) is 2.69. The topological polar surface area (TPSA) is 71.2 Å². The highest BCUT2D eigenvalue weighted by Gasteiger charge is 2.40. The first kappa shape index (κ1) is 14.1. The van der Waals surface area contributed by atoms with Gasteiger partial charge in [0.25, 0.3) is 0 Å². The van der Waals surface area contributed by atoms with Gasteiger partial charge in [-0.15, -0.1) is 0 Å². The minimum Gasteiger partial charge on any atom is -0.467 e. The van der Waals surface area contributed by atoms with E-state index in [1.54, 1.807) is 6.92 Å². The average molecular weight is 274 g/mol. The highest BCUT2D eigenvalue weighted by molar-refractivity contribution is 5.95. The molecule has 0 aliphatic rings. The number of esters is 1. The second-order valence-corrected chi connectivity index (χ2v) is 4.97. The van der Waals surface area contributed by atoms with E-state index in [9.17, 15) is 9.59 Å². The fourth-order valence-electron chi connectivity index (χ4n) is 2.69. The van der Waals surface area contributed by atoms with E-state index in [-0.39, 0.29) is 5.91 Å². The van der Waals surface area contributed by atoms with Crippen LogP contribution in [0.1, 0.15) is 25.1 Å². The van der Waals surface area contributed by atoms with Crippen LogP contribution in [0.3, 0.4) is 0 Å². The number of H-pyrrole nitrogens is 1. The minimum atomic E-state index is -1.22. The van der Waals surface area contributed by atoms with Gasteiger partial charge >= 0.3 is 5.97 Å². The van der Waals surface area contributed by atoms with E-state index in [0.29, 0.717) is 0 Å². The molecule has 0 fully saturated rings. The highest BCUT2D eigenvalue weighted by atomic mass is 16.5. The van der Waals surface area contributed by atoms with Crippen LogP contribution in [0.25, 0.3) is 10.9 Å². The van der Waals surface area contributed by atoms with E-state index in [1.807, 2.05) is 31.2 Å². The number of aryl methyl sites for hydroxylation is 1. The van der Waals surface area contributed by atoms with Crippen molar-refractivity contribution >= 4 is 22.8 Å². The van der Waals surface area contributed by atoms with Gasteiger partial charge in [-0.1, -0.05) is 18.2 Å². The van der Waals surface area contributed by atoms with Gasteiger partial charge in [-0.25, -0.2) is 4.79 Å². The molecule has 1 atom stereocenters. The molecule has 0 saturated heterocycles. The maximum atomic E-state index is 12.2. The van der Waals surface area contributed by atoms with E-state index in [4.69, 9.17) is 4.74 Å². The van der Waals surface area contributed by atoms with Crippen molar-refractivity contribution in [3.05, 3.63) is 35.5 Å². The summed E-state index contributed by atoms with van der Waals surface area (Å²) in [6.07, 6.45) is 0. The maximum absolute atomic E-state index is 12.2. The summed E-state index contributed by atoms with van der Waals surface area (Å²) < 4.78 is 4.88.